The largest absolute Gasteiger partial charge is 0.370 e. The van der Waals surface area contributed by atoms with Crippen molar-refractivity contribution in [1.82, 2.24) is 14.1 Å². The first-order valence-electron chi connectivity index (χ1n) is 11.8. The summed E-state index contributed by atoms with van der Waals surface area (Å²) in [5.41, 5.74) is 2.52. The van der Waals surface area contributed by atoms with Crippen LogP contribution in [-0.4, -0.2) is 80.4 Å². The maximum atomic E-state index is 13.2. The fourth-order valence-electron chi connectivity index (χ4n) is 4.62. The first kappa shape index (κ1) is 26.4. The highest BCUT2D eigenvalue weighted by Crippen LogP contribution is 2.34. The molecule has 2 heterocycles. The highest BCUT2D eigenvalue weighted by atomic mass is 35.5. The molecule has 2 fully saturated rings. The normalized spacial score (nSPS) is 19.9. The van der Waals surface area contributed by atoms with Crippen LogP contribution < -0.4 is 0 Å². The number of hydrogen-bond acceptors (Lipinski definition) is 5. The van der Waals surface area contributed by atoms with Gasteiger partial charge in [-0.05, 0) is 37.5 Å². The predicted octanol–water partition coefficient (Wildman–Crippen LogP) is 3.82. The number of piperazine rings is 1. The summed E-state index contributed by atoms with van der Waals surface area (Å²) in [6.07, 6.45) is 1.37. The van der Waals surface area contributed by atoms with Crippen LogP contribution in [-0.2, 0) is 26.1 Å². The molecule has 4 rings (SSSR count). The van der Waals surface area contributed by atoms with E-state index in [1.165, 1.54) is 27.6 Å². The molecule has 0 radical (unpaired) electrons. The molecule has 2 aromatic rings. The Hall–Kier alpha value is -1.68. The lowest BCUT2D eigenvalue weighted by Gasteiger charge is -2.35. The van der Waals surface area contributed by atoms with Crippen LogP contribution in [0.4, 0.5) is 0 Å². The number of carbonyl (C=O) groups is 1. The monoisotopic (exact) mass is 539 g/mol. The Morgan fingerprint density at radius 2 is 1.66 bits per heavy atom. The summed E-state index contributed by atoms with van der Waals surface area (Å²) in [5.74, 6) is -0.0680. The second-order valence-electron chi connectivity index (χ2n) is 9.12. The molecule has 7 nitrogen and oxygen atoms in total. The van der Waals surface area contributed by atoms with Gasteiger partial charge in [0.25, 0.3) is 0 Å². The maximum Gasteiger partial charge on any atom is 0.248 e. The second kappa shape index (κ2) is 11.6. The second-order valence-corrected chi connectivity index (χ2v) is 11.8. The lowest BCUT2D eigenvalue weighted by atomic mass is 10.1. The van der Waals surface area contributed by atoms with Crippen molar-refractivity contribution in [3.8, 4) is 0 Å². The minimum Gasteiger partial charge on any atom is -0.370 e. The molecule has 2 aliphatic heterocycles. The van der Waals surface area contributed by atoms with Gasteiger partial charge in [-0.3, -0.25) is 9.69 Å². The zero-order valence-corrected chi connectivity index (χ0v) is 22.2. The molecule has 0 bridgehead atoms. The summed E-state index contributed by atoms with van der Waals surface area (Å²) >= 11 is 12.3. The van der Waals surface area contributed by atoms with Crippen molar-refractivity contribution in [2.24, 2.45) is 0 Å². The maximum absolute atomic E-state index is 13.2. The van der Waals surface area contributed by atoms with Gasteiger partial charge in [-0.1, -0.05) is 59.1 Å². The molecule has 1 atom stereocenters. The number of carbonyl (C=O) groups excluding carboxylic acids is 1. The van der Waals surface area contributed by atoms with E-state index in [-0.39, 0.29) is 40.1 Å². The van der Waals surface area contributed by atoms with E-state index >= 15 is 0 Å². The summed E-state index contributed by atoms with van der Waals surface area (Å²) in [6, 6.07) is 12.8. The number of hydrogen-bond donors (Lipinski definition) is 0. The summed E-state index contributed by atoms with van der Waals surface area (Å²) in [7, 11) is -3.87. The number of nitrogens with zero attached hydrogens (tertiary/aromatic N) is 3. The van der Waals surface area contributed by atoms with E-state index in [1.807, 2.05) is 4.90 Å². The molecule has 2 aliphatic rings. The van der Waals surface area contributed by atoms with Gasteiger partial charge in [0.1, 0.15) is 11.5 Å². The Morgan fingerprint density at radius 3 is 2.31 bits per heavy atom. The van der Waals surface area contributed by atoms with E-state index in [0.717, 1.165) is 19.6 Å². The average molecular weight is 541 g/mol. The first-order chi connectivity index (χ1) is 16.8. The summed E-state index contributed by atoms with van der Waals surface area (Å²) in [5, 5.41) is 0.196. The van der Waals surface area contributed by atoms with Crippen molar-refractivity contribution in [2.45, 2.75) is 37.2 Å². The molecule has 0 N–H and O–H groups in total. The topological polar surface area (TPSA) is 70.2 Å². The van der Waals surface area contributed by atoms with Gasteiger partial charge >= 0.3 is 0 Å². The van der Waals surface area contributed by atoms with Gasteiger partial charge in [0, 0.05) is 45.3 Å². The Morgan fingerprint density at radius 1 is 1.00 bits per heavy atom. The van der Waals surface area contributed by atoms with Crippen LogP contribution in [0, 0.1) is 6.92 Å². The highest BCUT2D eigenvalue weighted by Gasteiger charge is 2.37. The van der Waals surface area contributed by atoms with E-state index in [9.17, 15) is 13.2 Å². The minimum absolute atomic E-state index is 0.0603. The van der Waals surface area contributed by atoms with Crippen LogP contribution in [0.1, 0.15) is 24.0 Å². The molecular weight excluding hydrogens is 509 g/mol. The van der Waals surface area contributed by atoms with E-state index in [2.05, 4.69) is 36.1 Å². The highest BCUT2D eigenvalue weighted by molar-refractivity contribution is 7.89. The third-order valence-electron chi connectivity index (χ3n) is 6.60. The van der Waals surface area contributed by atoms with Crippen LogP contribution in [0.5, 0.6) is 0 Å². The van der Waals surface area contributed by atoms with Gasteiger partial charge in [0.15, 0.2) is 0 Å². The number of amides is 1. The van der Waals surface area contributed by atoms with Crippen LogP contribution in [0.2, 0.25) is 10.0 Å². The third kappa shape index (κ3) is 6.37. The summed E-state index contributed by atoms with van der Waals surface area (Å²) in [6.45, 7) is 6.35. The number of benzene rings is 2. The van der Waals surface area contributed by atoms with Gasteiger partial charge in [-0.25, -0.2) is 8.42 Å². The number of rotatable bonds is 8. The standard InChI is InChI=1S/C25H31Cl2N3O4S/c1-19-7-9-20(10-8-19)16-28-12-14-29(15-13-28)24(31)18-34-17-21-4-3-11-30(21)35(32,33)25-22(26)5-2-6-23(25)27/h2,5-10,21H,3-4,11-18H2,1H3. The van der Waals surface area contributed by atoms with Gasteiger partial charge in [-0.15, -0.1) is 0 Å². The average Bonchev–Trinajstić information content (AvgIpc) is 3.30. The molecule has 0 spiro atoms. The van der Waals surface area contributed by atoms with Crippen molar-refractivity contribution in [2.75, 3.05) is 45.9 Å². The number of halogens is 2. The van der Waals surface area contributed by atoms with Crippen molar-refractivity contribution < 1.29 is 17.9 Å². The molecule has 1 unspecified atom stereocenters. The van der Waals surface area contributed by atoms with Crippen molar-refractivity contribution >= 4 is 39.1 Å². The zero-order chi connectivity index (χ0) is 25.0. The molecule has 0 saturated carbocycles. The number of sulfonamides is 1. The quantitative estimate of drug-likeness (QED) is 0.510. The van der Waals surface area contributed by atoms with Crippen molar-refractivity contribution in [3.63, 3.8) is 0 Å². The van der Waals surface area contributed by atoms with Crippen LogP contribution in [0.15, 0.2) is 47.4 Å². The molecule has 190 valence electrons. The predicted molar refractivity (Wildman–Crippen MR) is 137 cm³/mol. The first-order valence-corrected chi connectivity index (χ1v) is 14.0. The lowest BCUT2D eigenvalue weighted by Crippen LogP contribution is -2.49. The van der Waals surface area contributed by atoms with Gasteiger partial charge < -0.3 is 9.64 Å². The Bertz CT molecular complexity index is 1120. The molecular formula is C25H31Cl2N3O4S. The molecule has 35 heavy (non-hydrogen) atoms. The van der Waals surface area contributed by atoms with Gasteiger partial charge in [-0.2, -0.15) is 4.31 Å². The summed E-state index contributed by atoms with van der Waals surface area (Å²) in [4.78, 5) is 16.8. The van der Waals surface area contributed by atoms with E-state index < -0.39 is 10.0 Å². The SMILES string of the molecule is Cc1ccc(CN2CCN(C(=O)COCC3CCCN3S(=O)(=O)c3c(Cl)cccc3Cl)CC2)cc1. The van der Waals surface area contributed by atoms with Gasteiger partial charge in [0.05, 0.1) is 16.7 Å². The lowest BCUT2D eigenvalue weighted by molar-refractivity contribution is -0.138. The number of ether oxygens (including phenoxy) is 1. The molecule has 10 heteroatoms. The van der Waals surface area contributed by atoms with E-state index in [4.69, 9.17) is 27.9 Å². The zero-order valence-electron chi connectivity index (χ0n) is 19.8. The van der Waals surface area contributed by atoms with Crippen molar-refractivity contribution in [3.05, 3.63) is 63.6 Å². The van der Waals surface area contributed by atoms with Crippen LogP contribution >= 0.6 is 23.2 Å². The summed E-state index contributed by atoms with van der Waals surface area (Å²) < 4.78 is 33.6. The molecule has 1 amide bonds. The molecule has 0 aliphatic carbocycles. The fourth-order valence-corrected chi connectivity index (χ4v) is 7.39. The van der Waals surface area contributed by atoms with Gasteiger partial charge in [0.2, 0.25) is 15.9 Å². The van der Waals surface area contributed by atoms with Crippen molar-refractivity contribution in [1.29, 1.82) is 0 Å². The molecule has 2 aromatic carbocycles. The Kier molecular flexibility index (Phi) is 8.73. The van der Waals surface area contributed by atoms with E-state index in [0.29, 0.717) is 32.5 Å². The van der Waals surface area contributed by atoms with Crippen LogP contribution in [0.25, 0.3) is 0 Å². The Balaban J connectivity index is 1.25. The third-order valence-corrected chi connectivity index (χ3v) is 9.50. The van der Waals surface area contributed by atoms with E-state index in [1.54, 1.807) is 6.07 Å². The Labute approximate surface area is 217 Å². The minimum atomic E-state index is -3.87. The number of aryl methyl sites for hydroxylation is 1. The smallest absolute Gasteiger partial charge is 0.248 e. The molecule has 2 saturated heterocycles. The molecule has 0 aromatic heterocycles. The fraction of sp³-hybridized carbons (Fsp3) is 0.480. The van der Waals surface area contributed by atoms with Crippen LogP contribution in [0.3, 0.4) is 0 Å².